The van der Waals surface area contributed by atoms with Gasteiger partial charge in [-0.25, -0.2) is 8.78 Å². The minimum atomic E-state index is -2.57. The van der Waals surface area contributed by atoms with E-state index in [1.54, 1.807) is 0 Å². The van der Waals surface area contributed by atoms with Crippen LogP contribution in [0.25, 0.3) is 0 Å². The van der Waals surface area contributed by atoms with Crippen molar-refractivity contribution in [1.29, 1.82) is 0 Å². The van der Waals surface area contributed by atoms with Crippen molar-refractivity contribution in [3.05, 3.63) is 29.0 Å². The van der Waals surface area contributed by atoms with Crippen LogP contribution in [0.4, 0.5) is 8.78 Å². The zero-order valence-corrected chi connectivity index (χ0v) is 7.76. The van der Waals surface area contributed by atoms with E-state index in [-0.39, 0.29) is 5.69 Å². The number of hydrogen-bond acceptors (Lipinski definition) is 2. The Morgan fingerprint density at radius 2 is 2.36 bits per heavy atom. The van der Waals surface area contributed by atoms with Crippen LogP contribution in [-0.4, -0.2) is 23.9 Å². The lowest BCUT2D eigenvalue weighted by molar-refractivity contribution is 0.0887. The summed E-state index contributed by atoms with van der Waals surface area (Å²) in [7, 11) is 0. The molecule has 0 bridgehead atoms. The first kappa shape index (κ1) is 10.8. The van der Waals surface area contributed by atoms with Crippen molar-refractivity contribution in [2.24, 2.45) is 0 Å². The first-order chi connectivity index (χ1) is 6.59. The summed E-state index contributed by atoms with van der Waals surface area (Å²) in [4.78, 5) is 14.8. The average Bonchev–Trinajstić information content (AvgIpc) is 2.14. The number of alkyl halides is 2. The van der Waals surface area contributed by atoms with Gasteiger partial charge in [0.25, 0.3) is 12.3 Å². The summed E-state index contributed by atoms with van der Waals surface area (Å²) in [6.45, 7) is -0.687. The molecule has 0 radical (unpaired) electrons. The van der Waals surface area contributed by atoms with E-state index in [1.165, 1.54) is 18.3 Å². The minimum absolute atomic E-state index is 0.0261. The monoisotopic (exact) mass is 220 g/mol. The lowest BCUT2D eigenvalue weighted by Gasteiger charge is -2.03. The number of carbonyl (C=O) groups is 1. The van der Waals surface area contributed by atoms with Gasteiger partial charge in [0.1, 0.15) is 5.69 Å². The maximum atomic E-state index is 11.7. The van der Waals surface area contributed by atoms with Gasteiger partial charge in [-0.3, -0.25) is 9.78 Å². The maximum absolute atomic E-state index is 11.7. The molecule has 0 aliphatic rings. The SMILES string of the molecule is O=C(NCC(F)F)c1cc(Cl)ccn1. The van der Waals surface area contributed by atoms with Crippen molar-refractivity contribution in [1.82, 2.24) is 10.3 Å². The molecular formula is C8H7ClF2N2O. The summed E-state index contributed by atoms with van der Waals surface area (Å²) in [5.74, 6) is -0.659. The van der Waals surface area contributed by atoms with E-state index in [2.05, 4.69) is 4.98 Å². The molecule has 0 aromatic carbocycles. The summed E-state index contributed by atoms with van der Waals surface area (Å²) in [5, 5.41) is 2.35. The van der Waals surface area contributed by atoms with Crippen LogP contribution in [0.5, 0.6) is 0 Å². The van der Waals surface area contributed by atoms with Gasteiger partial charge in [-0.15, -0.1) is 0 Å². The Bertz CT molecular complexity index is 333. The number of halogens is 3. The van der Waals surface area contributed by atoms with Crippen LogP contribution in [0.3, 0.4) is 0 Å². The second kappa shape index (κ2) is 4.85. The Labute approximate surface area is 84.1 Å². The van der Waals surface area contributed by atoms with Crippen molar-refractivity contribution in [2.75, 3.05) is 6.54 Å². The number of hydrogen-bond donors (Lipinski definition) is 1. The molecule has 1 heterocycles. The molecule has 0 saturated carbocycles. The van der Waals surface area contributed by atoms with Gasteiger partial charge in [-0.1, -0.05) is 11.6 Å². The van der Waals surface area contributed by atoms with E-state index in [0.29, 0.717) is 5.02 Å². The van der Waals surface area contributed by atoms with E-state index in [1.807, 2.05) is 5.32 Å². The van der Waals surface area contributed by atoms with Crippen molar-refractivity contribution in [3.8, 4) is 0 Å². The van der Waals surface area contributed by atoms with E-state index >= 15 is 0 Å². The lowest BCUT2D eigenvalue weighted by atomic mass is 10.3. The zero-order valence-electron chi connectivity index (χ0n) is 7.01. The number of aromatic nitrogens is 1. The van der Waals surface area contributed by atoms with E-state index in [0.717, 1.165) is 0 Å². The Morgan fingerprint density at radius 1 is 1.64 bits per heavy atom. The van der Waals surface area contributed by atoms with Crippen molar-refractivity contribution >= 4 is 17.5 Å². The fourth-order valence-corrected chi connectivity index (χ4v) is 0.949. The highest BCUT2D eigenvalue weighted by molar-refractivity contribution is 6.30. The molecule has 0 aliphatic heterocycles. The van der Waals surface area contributed by atoms with Crippen LogP contribution >= 0.6 is 11.6 Å². The number of nitrogens with zero attached hydrogens (tertiary/aromatic N) is 1. The molecule has 3 nitrogen and oxygen atoms in total. The van der Waals surface area contributed by atoms with Gasteiger partial charge < -0.3 is 5.32 Å². The van der Waals surface area contributed by atoms with E-state index < -0.39 is 18.9 Å². The summed E-state index contributed by atoms with van der Waals surface area (Å²) in [5.41, 5.74) is 0.0261. The van der Waals surface area contributed by atoms with Gasteiger partial charge in [0.2, 0.25) is 0 Å². The van der Waals surface area contributed by atoms with Gasteiger partial charge in [0.05, 0.1) is 6.54 Å². The first-order valence-electron chi connectivity index (χ1n) is 3.77. The maximum Gasteiger partial charge on any atom is 0.270 e. The molecule has 0 saturated heterocycles. The molecule has 1 amide bonds. The first-order valence-corrected chi connectivity index (χ1v) is 4.15. The second-order valence-electron chi connectivity index (χ2n) is 2.46. The number of nitrogens with one attached hydrogen (secondary N) is 1. The largest absolute Gasteiger partial charge is 0.345 e. The third-order valence-electron chi connectivity index (χ3n) is 1.37. The number of rotatable bonds is 3. The Balaban J connectivity index is 2.61. The summed E-state index contributed by atoms with van der Waals surface area (Å²) >= 11 is 5.58. The van der Waals surface area contributed by atoms with Gasteiger partial charge in [-0.05, 0) is 12.1 Å². The van der Waals surface area contributed by atoms with Crippen LogP contribution < -0.4 is 5.32 Å². The minimum Gasteiger partial charge on any atom is -0.345 e. The molecule has 0 unspecified atom stereocenters. The molecular weight excluding hydrogens is 214 g/mol. The molecule has 0 fully saturated rings. The Hall–Kier alpha value is -1.23. The average molecular weight is 221 g/mol. The summed E-state index contributed by atoms with van der Waals surface area (Å²) in [6.07, 6.45) is -1.24. The number of carbonyl (C=O) groups excluding carboxylic acids is 1. The standard InChI is InChI=1S/C8H7ClF2N2O/c9-5-1-2-12-6(3-5)8(14)13-4-7(10)11/h1-3,7H,4H2,(H,13,14). The highest BCUT2D eigenvalue weighted by Gasteiger charge is 2.09. The molecule has 1 aromatic heterocycles. The Morgan fingerprint density at radius 3 is 2.93 bits per heavy atom. The van der Waals surface area contributed by atoms with Gasteiger partial charge >= 0.3 is 0 Å². The second-order valence-corrected chi connectivity index (χ2v) is 2.90. The highest BCUT2D eigenvalue weighted by Crippen LogP contribution is 2.07. The molecule has 14 heavy (non-hydrogen) atoms. The summed E-state index contributed by atoms with van der Waals surface area (Å²) < 4.78 is 23.5. The van der Waals surface area contributed by atoms with Gasteiger partial charge in [0, 0.05) is 11.2 Å². The molecule has 1 N–H and O–H groups in total. The normalized spacial score (nSPS) is 10.3. The topological polar surface area (TPSA) is 42.0 Å². The molecule has 1 aromatic rings. The lowest BCUT2D eigenvalue weighted by Crippen LogP contribution is -2.29. The van der Waals surface area contributed by atoms with Crippen LogP contribution in [0.15, 0.2) is 18.3 Å². The van der Waals surface area contributed by atoms with Crippen molar-refractivity contribution in [3.63, 3.8) is 0 Å². The van der Waals surface area contributed by atoms with Gasteiger partial charge in [-0.2, -0.15) is 0 Å². The highest BCUT2D eigenvalue weighted by atomic mass is 35.5. The molecule has 6 heteroatoms. The molecule has 0 aliphatic carbocycles. The molecule has 76 valence electrons. The smallest absolute Gasteiger partial charge is 0.270 e. The quantitative estimate of drug-likeness (QED) is 0.843. The fourth-order valence-electron chi connectivity index (χ4n) is 0.789. The molecule has 0 atom stereocenters. The third-order valence-corrected chi connectivity index (χ3v) is 1.61. The van der Waals surface area contributed by atoms with Crippen LogP contribution in [-0.2, 0) is 0 Å². The van der Waals surface area contributed by atoms with Crippen LogP contribution in [0.1, 0.15) is 10.5 Å². The number of amides is 1. The predicted octanol–water partition coefficient (Wildman–Crippen LogP) is 1.73. The third kappa shape index (κ3) is 3.26. The van der Waals surface area contributed by atoms with Crippen LogP contribution in [0.2, 0.25) is 5.02 Å². The van der Waals surface area contributed by atoms with Gasteiger partial charge in [0.15, 0.2) is 0 Å². The van der Waals surface area contributed by atoms with E-state index in [9.17, 15) is 13.6 Å². The molecule has 0 spiro atoms. The fraction of sp³-hybridized carbons (Fsp3) is 0.250. The van der Waals surface area contributed by atoms with Crippen molar-refractivity contribution < 1.29 is 13.6 Å². The zero-order chi connectivity index (χ0) is 10.6. The summed E-state index contributed by atoms with van der Waals surface area (Å²) in [6, 6.07) is 2.80. The Kier molecular flexibility index (Phi) is 3.76. The predicted molar refractivity (Wildman–Crippen MR) is 47.6 cm³/mol. The van der Waals surface area contributed by atoms with E-state index in [4.69, 9.17) is 11.6 Å². The van der Waals surface area contributed by atoms with Crippen LogP contribution in [0, 0.1) is 0 Å². The van der Waals surface area contributed by atoms with Crippen molar-refractivity contribution in [2.45, 2.75) is 6.43 Å². The number of pyridine rings is 1. The molecule has 1 rings (SSSR count).